The summed E-state index contributed by atoms with van der Waals surface area (Å²) in [6.45, 7) is 0. The van der Waals surface area contributed by atoms with E-state index >= 15 is 0 Å². The van der Waals surface area contributed by atoms with Crippen molar-refractivity contribution in [2.24, 2.45) is 0 Å². The van der Waals surface area contributed by atoms with Crippen molar-refractivity contribution in [3.05, 3.63) is 64.7 Å². The van der Waals surface area contributed by atoms with Crippen LogP contribution in [0.15, 0.2) is 53.4 Å². The van der Waals surface area contributed by atoms with E-state index in [0.717, 1.165) is 10.5 Å². The van der Waals surface area contributed by atoms with Crippen molar-refractivity contribution in [2.45, 2.75) is 11.0 Å². The first-order valence-electron chi connectivity index (χ1n) is 6.35. The van der Waals surface area contributed by atoms with E-state index in [1.165, 1.54) is 18.9 Å². The van der Waals surface area contributed by atoms with E-state index in [9.17, 15) is 9.90 Å². The first-order chi connectivity index (χ1) is 10.1. The predicted molar refractivity (Wildman–Crippen MR) is 84.9 cm³/mol. The highest BCUT2D eigenvalue weighted by Crippen LogP contribution is 2.30. The molecule has 0 bridgehead atoms. The van der Waals surface area contributed by atoms with E-state index in [1.807, 2.05) is 24.3 Å². The Morgan fingerprint density at radius 1 is 1.24 bits per heavy atom. The second-order valence-corrected chi connectivity index (χ2v) is 5.84. The van der Waals surface area contributed by atoms with Crippen molar-refractivity contribution >= 4 is 29.3 Å². The molecule has 1 unspecified atom stereocenters. The Morgan fingerprint density at radius 3 is 2.52 bits per heavy atom. The lowest BCUT2D eigenvalue weighted by atomic mass is 10.1. The summed E-state index contributed by atoms with van der Waals surface area (Å²) in [6.07, 6.45) is -0.627. The summed E-state index contributed by atoms with van der Waals surface area (Å²) in [5.41, 5.74) is 1.22. The van der Waals surface area contributed by atoms with Gasteiger partial charge in [0.05, 0.1) is 23.8 Å². The molecule has 0 saturated carbocycles. The summed E-state index contributed by atoms with van der Waals surface area (Å²) in [6, 6.07) is 14.3. The predicted octanol–water partition coefficient (Wildman–Crippen LogP) is 3.95. The van der Waals surface area contributed by atoms with Gasteiger partial charge in [0, 0.05) is 10.6 Å². The minimum absolute atomic E-state index is 0.388. The number of hydrogen-bond donors (Lipinski definition) is 1. The third-order valence-electron chi connectivity index (χ3n) is 2.95. The van der Waals surface area contributed by atoms with E-state index in [2.05, 4.69) is 4.74 Å². The van der Waals surface area contributed by atoms with Crippen molar-refractivity contribution in [2.75, 3.05) is 12.9 Å². The fourth-order valence-electron chi connectivity index (χ4n) is 1.79. The SMILES string of the molecule is COC(=O)c1ccc(C(O)CSc2ccccc2Cl)cc1. The number of esters is 1. The van der Waals surface area contributed by atoms with Crippen LogP contribution in [-0.4, -0.2) is 23.9 Å². The highest BCUT2D eigenvalue weighted by Gasteiger charge is 2.11. The molecule has 1 atom stereocenters. The Morgan fingerprint density at radius 2 is 1.90 bits per heavy atom. The minimum Gasteiger partial charge on any atom is -0.465 e. The maximum absolute atomic E-state index is 11.3. The molecule has 0 aromatic heterocycles. The van der Waals surface area contributed by atoms with Gasteiger partial charge in [-0.25, -0.2) is 4.79 Å². The maximum Gasteiger partial charge on any atom is 0.337 e. The Labute approximate surface area is 132 Å². The molecule has 2 aromatic rings. The average Bonchev–Trinajstić information content (AvgIpc) is 2.53. The van der Waals surface area contributed by atoms with Crippen LogP contribution in [0.5, 0.6) is 0 Å². The number of methoxy groups -OCH3 is 1. The number of ether oxygens (including phenoxy) is 1. The molecule has 1 N–H and O–H groups in total. The third kappa shape index (κ3) is 4.24. The lowest BCUT2D eigenvalue weighted by Crippen LogP contribution is -2.04. The molecule has 0 radical (unpaired) electrons. The number of benzene rings is 2. The van der Waals surface area contributed by atoms with E-state index in [0.29, 0.717) is 16.3 Å². The molecule has 2 rings (SSSR count). The molecule has 21 heavy (non-hydrogen) atoms. The first-order valence-corrected chi connectivity index (χ1v) is 7.72. The molecule has 0 heterocycles. The van der Waals surface area contributed by atoms with Crippen LogP contribution in [0.2, 0.25) is 5.02 Å². The number of thioether (sulfide) groups is 1. The number of carbonyl (C=O) groups is 1. The second kappa shape index (κ2) is 7.50. The lowest BCUT2D eigenvalue weighted by Gasteiger charge is -2.11. The molecule has 0 aliphatic carbocycles. The van der Waals surface area contributed by atoms with Crippen molar-refractivity contribution < 1.29 is 14.6 Å². The molecule has 5 heteroatoms. The van der Waals surface area contributed by atoms with Crippen molar-refractivity contribution in [1.29, 1.82) is 0 Å². The molecule has 0 fully saturated rings. The zero-order valence-electron chi connectivity index (χ0n) is 11.5. The van der Waals surface area contributed by atoms with Gasteiger partial charge in [-0.15, -0.1) is 11.8 Å². The van der Waals surface area contributed by atoms with Crippen LogP contribution in [-0.2, 0) is 4.74 Å². The summed E-state index contributed by atoms with van der Waals surface area (Å²) in [4.78, 5) is 12.3. The Kier molecular flexibility index (Phi) is 5.67. The number of aliphatic hydroxyl groups excluding tert-OH is 1. The van der Waals surface area contributed by atoms with Gasteiger partial charge < -0.3 is 9.84 Å². The van der Waals surface area contributed by atoms with Crippen LogP contribution >= 0.6 is 23.4 Å². The highest BCUT2D eigenvalue weighted by atomic mass is 35.5. The smallest absolute Gasteiger partial charge is 0.337 e. The summed E-state index contributed by atoms with van der Waals surface area (Å²) < 4.78 is 4.63. The molecular formula is C16H15ClO3S. The molecule has 110 valence electrons. The van der Waals surface area contributed by atoms with E-state index in [4.69, 9.17) is 11.6 Å². The molecule has 0 aliphatic rings. The van der Waals surface area contributed by atoms with Gasteiger partial charge in [-0.2, -0.15) is 0 Å². The second-order valence-electron chi connectivity index (χ2n) is 4.37. The average molecular weight is 323 g/mol. The Balaban J connectivity index is 1.99. The van der Waals surface area contributed by atoms with Crippen LogP contribution in [0.3, 0.4) is 0 Å². The quantitative estimate of drug-likeness (QED) is 0.668. The normalized spacial score (nSPS) is 12.0. The van der Waals surface area contributed by atoms with Gasteiger partial charge in [0.25, 0.3) is 0 Å². The number of carbonyl (C=O) groups excluding carboxylic acids is 1. The van der Waals surface area contributed by atoms with E-state index < -0.39 is 6.10 Å². The molecule has 0 amide bonds. The Hall–Kier alpha value is -1.49. The van der Waals surface area contributed by atoms with E-state index in [-0.39, 0.29) is 5.97 Å². The topological polar surface area (TPSA) is 46.5 Å². The van der Waals surface area contributed by atoms with Crippen molar-refractivity contribution in [3.8, 4) is 0 Å². The zero-order valence-corrected chi connectivity index (χ0v) is 13.0. The van der Waals surface area contributed by atoms with E-state index in [1.54, 1.807) is 24.3 Å². The van der Waals surface area contributed by atoms with Crippen LogP contribution < -0.4 is 0 Å². The summed E-state index contributed by atoms with van der Waals surface area (Å²) >= 11 is 7.56. The van der Waals surface area contributed by atoms with Crippen molar-refractivity contribution in [1.82, 2.24) is 0 Å². The lowest BCUT2D eigenvalue weighted by molar-refractivity contribution is 0.0600. The minimum atomic E-state index is -0.627. The molecular weight excluding hydrogens is 308 g/mol. The first kappa shape index (κ1) is 15.9. The standard InChI is InChI=1S/C16H15ClO3S/c1-20-16(19)12-8-6-11(7-9-12)14(18)10-21-15-5-3-2-4-13(15)17/h2-9,14,18H,10H2,1H3. The van der Waals surface area contributed by atoms with Gasteiger partial charge in [0.1, 0.15) is 0 Å². The monoisotopic (exact) mass is 322 g/mol. The van der Waals surface area contributed by atoms with Crippen LogP contribution in [0.4, 0.5) is 0 Å². The fourth-order valence-corrected chi connectivity index (χ4v) is 3.00. The van der Waals surface area contributed by atoms with Gasteiger partial charge in [-0.1, -0.05) is 35.9 Å². The Bertz CT molecular complexity index is 613. The highest BCUT2D eigenvalue weighted by molar-refractivity contribution is 7.99. The number of hydrogen-bond acceptors (Lipinski definition) is 4. The van der Waals surface area contributed by atoms with Crippen LogP contribution in [0.25, 0.3) is 0 Å². The number of halogens is 1. The number of aliphatic hydroxyl groups is 1. The van der Waals surface area contributed by atoms with Gasteiger partial charge in [-0.05, 0) is 29.8 Å². The van der Waals surface area contributed by atoms with Crippen LogP contribution in [0.1, 0.15) is 22.0 Å². The molecule has 0 aliphatic heterocycles. The summed E-state index contributed by atoms with van der Waals surface area (Å²) in [5.74, 6) is 0.0999. The molecule has 0 saturated heterocycles. The largest absolute Gasteiger partial charge is 0.465 e. The molecule has 0 spiro atoms. The van der Waals surface area contributed by atoms with Crippen molar-refractivity contribution in [3.63, 3.8) is 0 Å². The fraction of sp³-hybridized carbons (Fsp3) is 0.188. The van der Waals surface area contributed by atoms with Gasteiger partial charge in [0.15, 0.2) is 0 Å². The molecule has 2 aromatic carbocycles. The van der Waals surface area contributed by atoms with Crippen LogP contribution in [0, 0.1) is 0 Å². The number of rotatable bonds is 5. The van der Waals surface area contributed by atoms with Gasteiger partial charge >= 0.3 is 5.97 Å². The van der Waals surface area contributed by atoms with Gasteiger partial charge in [0.2, 0.25) is 0 Å². The zero-order chi connectivity index (χ0) is 15.2. The third-order valence-corrected chi connectivity index (χ3v) is 4.54. The maximum atomic E-state index is 11.3. The summed E-state index contributed by atoms with van der Waals surface area (Å²) in [7, 11) is 1.34. The van der Waals surface area contributed by atoms with Gasteiger partial charge in [-0.3, -0.25) is 0 Å². The molecule has 3 nitrogen and oxygen atoms in total. The summed E-state index contributed by atoms with van der Waals surface area (Å²) in [5, 5.41) is 10.9.